The molecular formula is C12H14BrN3. The van der Waals surface area contributed by atoms with Crippen molar-refractivity contribution < 1.29 is 0 Å². The number of aryl methyl sites for hydroxylation is 1. The molecule has 2 aromatic rings. The van der Waals surface area contributed by atoms with Crippen LogP contribution in [0.25, 0.3) is 11.3 Å². The number of hydrogen-bond acceptors (Lipinski definition) is 2. The van der Waals surface area contributed by atoms with Gasteiger partial charge in [-0.2, -0.15) is 5.10 Å². The Morgan fingerprint density at radius 1 is 1.31 bits per heavy atom. The first kappa shape index (κ1) is 11.4. The molecule has 16 heavy (non-hydrogen) atoms. The van der Waals surface area contributed by atoms with E-state index in [2.05, 4.69) is 39.2 Å². The van der Waals surface area contributed by atoms with Crippen molar-refractivity contribution in [2.24, 2.45) is 5.73 Å². The molecule has 0 amide bonds. The summed E-state index contributed by atoms with van der Waals surface area (Å²) in [5.41, 5.74) is 8.88. The fourth-order valence-corrected chi connectivity index (χ4v) is 1.96. The molecule has 0 atom stereocenters. The van der Waals surface area contributed by atoms with Crippen molar-refractivity contribution in [3.8, 4) is 11.3 Å². The van der Waals surface area contributed by atoms with E-state index >= 15 is 0 Å². The van der Waals surface area contributed by atoms with Crippen LogP contribution in [0.1, 0.15) is 5.69 Å². The number of hydrogen-bond donors (Lipinski definition) is 1. The lowest BCUT2D eigenvalue weighted by atomic mass is 10.1. The van der Waals surface area contributed by atoms with Crippen molar-refractivity contribution in [3.63, 3.8) is 0 Å². The van der Waals surface area contributed by atoms with Crippen LogP contribution in [0.2, 0.25) is 0 Å². The van der Waals surface area contributed by atoms with Crippen molar-refractivity contribution in [1.29, 1.82) is 0 Å². The summed E-state index contributed by atoms with van der Waals surface area (Å²) in [4.78, 5) is 0. The van der Waals surface area contributed by atoms with Gasteiger partial charge < -0.3 is 5.73 Å². The second-order valence-electron chi connectivity index (χ2n) is 3.69. The van der Waals surface area contributed by atoms with Gasteiger partial charge in [-0.1, -0.05) is 28.1 Å². The first-order chi connectivity index (χ1) is 7.70. The van der Waals surface area contributed by atoms with E-state index in [9.17, 15) is 0 Å². The van der Waals surface area contributed by atoms with Crippen molar-refractivity contribution >= 4 is 15.9 Å². The van der Waals surface area contributed by atoms with E-state index in [0.717, 1.165) is 28.0 Å². The van der Waals surface area contributed by atoms with Crippen LogP contribution in [0.4, 0.5) is 0 Å². The lowest BCUT2D eigenvalue weighted by Crippen LogP contribution is -2.12. The van der Waals surface area contributed by atoms with Gasteiger partial charge in [0.1, 0.15) is 0 Å². The number of nitrogens with two attached hydrogens (primary N) is 1. The van der Waals surface area contributed by atoms with Crippen LogP contribution in [-0.2, 0) is 6.54 Å². The molecule has 0 radical (unpaired) electrons. The molecule has 1 aromatic carbocycles. The zero-order valence-corrected chi connectivity index (χ0v) is 10.7. The van der Waals surface area contributed by atoms with E-state index < -0.39 is 0 Å². The molecule has 0 aliphatic rings. The van der Waals surface area contributed by atoms with Crippen LogP contribution in [0.3, 0.4) is 0 Å². The Kier molecular flexibility index (Phi) is 3.41. The number of rotatable bonds is 3. The predicted molar refractivity (Wildman–Crippen MR) is 69.2 cm³/mol. The smallest absolute Gasteiger partial charge is 0.0685 e. The fourth-order valence-electron chi connectivity index (χ4n) is 1.69. The molecule has 2 rings (SSSR count). The van der Waals surface area contributed by atoms with Crippen LogP contribution < -0.4 is 5.73 Å². The third-order valence-corrected chi connectivity index (χ3v) is 2.91. The molecule has 0 aliphatic heterocycles. The van der Waals surface area contributed by atoms with Crippen LogP contribution in [-0.4, -0.2) is 16.3 Å². The number of aromatic nitrogens is 2. The average Bonchev–Trinajstić information content (AvgIpc) is 2.61. The molecular weight excluding hydrogens is 266 g/mol. The zero-order chi connectivity index (χ0) is 11.5. The van der Waals surface area contributed by atoms with Crippen LogP contribution in [0.5, 0.6) is 0 Å². The van der Waals surface area contributed by atoms with Gasteiger partial charge in [-0.3, -0.25) is 4.68 Å². The standard InChI is InChI=1S/C12H14BrN3/c1-9-8-12(16(15-9)7-6-14)10-2-4-11(13)5-3-10/h2-5,8H,6-7,14H2,1H3. The fraction of sp³-hybridized carbons (Fsp3) is 0.250. The molecule has 3 nitrogen and oxygen atoms in total. The second kappa shape index (κ2) is 4.80. The normalized spacial score (nSPS) is 10.7. The summed E-state index contributed by atoms with van der Waals surface area (Å²) in [6.07, 6.45) is 0. The van der Waals surface area contributed by atoms with E-state index in [1.165, 1.54) is 0 Å². The highest BCUT2D eigenvalue weighted by Gasteiger charge is 2.06. The summed E-state index contributed by atoms with van der Waals surface area (Å²) < 4.78 is 3.04. The second-order valence-corrected chi connectivity index (χ2v) is 4.61. The van der Waals surface area contributed by atoms with Crippen LogP contribution in [0.15, 0.2) is 34.8 Å². The minimum atomic E-state index is 0.602. The van der Waals surface area contributed by atoms with Gasteiger partial charge in [-0.15, -0.1) is 0 Å². The average molecular weight is 280 g/mol. The lowest BCUT2D eigenvalue weighted by Gasteiger charge is -2.05. The molecule has 1 aromatic heterocycles. The monoisotopic (exact) mass is 279 g/mol. The maximum absolute atomic E-state index is 5.57. The lowest BCUT2D eigenvalue weighted by molar-refractivity contribution is 0.626. The molecule has 4 heteroatoms. The Morgan fingerprint density at radius 2 is 2.00 bits per heavy atom. The van der Waals surface area contributed by atoms with Crippen molar-refractivity contribution in [3.05, 3.63) is 40.5 Å². The largest absolute Gasteiger partial charge is 0.329 e. The van der Waals surface area contributed by atoms with E-state index in [1.54, 1.807) is 0 Å². The van der Waals surface area contributed by atoms with Crippen molar-refractivity contribution in [2.45, 2.75) is 13.5 Å². The molecule has 2 N–H and O–H groups in total. The highest BCUT2D eigenvalue weighted by atomic mass is 79.9. The van der Waals surface area contributed by atoms with Gasteiger partial charge in [-0.25, -0.2) is 0 Å². The Labute approximate surface area is 103 Å². The van der Waals surface area contributed by atoms with E-state index in [4.69, 9.17) is 5.73 Å². The van der Waals surface area contributed by atoms with Gasteiger partial charge in [0.15, 0.2) is 0 Å². The van der Waals surface area contributed by atoms with Crippen LogP contribution >= 0.6 is 15.9 Å². The summed E-state index contributed by atoms with van der Waals surface area (Å²) in [5.74, 6) is 0. The topological polar surface area (TPSA) is 43.8 Å². The molecule has 84 valence electrons. The minimum absolute atomic E-state index is 0.602. The molecule has 0 spiro atoms. The highest BCUT2D eigenvalue weighted by molar-refractivity contribution is 9.10. The molecule has 0 saturated carbocycles. The maximum Gasteiger partial charge on any atom is 0.0685 e. The predicted octanol–water partition coefficient (Wildman–Crippen LogP) is 2.58. The Hall–Kier alpha value is -1.13. The van der Waals surface area contributed by atoms with Gasteiger partial charge in [0.25, 0.3) is 0 Å². The van der Waals surface area contributed by atoms with E-state index in [1.807, 2.05) is 23.7 Å². The van der Waals surface area contributed by atoms with Crippen molar-refractivity contribution in [1.82, 2.24) is 9.78 Å². The zero-order valence-electron chi connectivity index (χ0n) is 9.15. The number of benzene rings is 1. The molecule has 0 fully saturated rings. The van der Waals surface area contributed by atoms with Gasteiger partial charge >= 0.3 is 0 Å². The third-order valence-electron chi connectivity index (χ3n) is 2.38. The summed E-state index contributed by atoms with van der Waals surface area (Å²) in [6, 6.07) is 10.3. The highest BCUT2D eigenvalue weighted by Crippen LogP contribution is 2.22. The quantitative estimate of drug-likeness (QED) is 0.939. The van der Waals surface area contributed by atoms with Crippen LogP contribution in [0, 0.1) is 6.92 Å². The number of nitrogens with zero attached hydrogens (tertiary/aromatic N) is 2. The van der Waals surface area contributed by atoms with Gasteiger partial charge in [-0.05, 0) is 30.7 Å². The van der Waals surface area contributed by atoms with E-state index in [-0.39, 0.29) is 0 Å². The first-order valence-corrected chi connectivity index (χ1v) is 6.00. The SMILES string of the molecule is Cc1cc(-c2ccc(Br)cc2)n(CCN)n1. The molecule has 0 saturated heterocycles. The third kappa shape index (κ3) is 2.33. The summed E-state index contributed by atoms with van der Waals surface area (Å²) in [7, 11) is 0. The Bertz CT molecular complexity index is 474. The Morgan fingerprint density at radius 3 is 2.62 bits per heavy atom. The van der Waals surface area contributed by atoms with Crippen molar-refractivity contribution in [2.75, 3.05) is 6.54 Å². The van der Waals surface area contributed by atoms with Gasteiger partial charge in [0, 0.05) is 11.0 Å². The molecule has 0 bridgehead atoms. The first-order valence-electron chi connectivity index (χ1n) is 5.21. The van der Waals surface area contributed by atoms with Gasteiger partial charge in [0.05, 0.1) is 17.9 Å². The van der Waals surface area contributed by atoms with E-state index in [0.29, 0.717) is 6.54 Å². The minimum Gasteiger partial charge on any atom is -0.329 e. The number of halogens is 1. The molecule has 0 aliphatic carbocycles. The summed E-state index contributed by atoms with van der Waals surface area (Å²) >= 11 is 3.43. The summed E-state index contributed by atoms with van der Waals surface area (Å²) in [6.45, 7) is 3.35. The Balaban J connectivity index is 2.42. The van der Waals surface area contributed by atoms with Gasteiger partial charge in [0.2, 0.25) is 0 Å². The molecule has 1 heterocycles. The summed E-state index contributed by atoms with van der Waals surface area (Å²) in [5, 5.41) is 4.42. The molecule has 0 unspecified atom stereocenters. The maximum atomic E-state index is 5.57.